The Morgan fingerprint density at radius 1 is 1.38 bits per heavy atom. The van der Waals surface area contributed by atoms with Crippen LogP contribution < -0.4 is 11.2 Å². The van der Waals surface area contributed by atoms with E-state index in [1.807, 2.05) is 0 Å². The van der Waals surface area contributed by atoms with Gasteiger partial charge in [-0.15, -0.1) is 11.3 Å². The van der Waals surface area contributed by atoms with Gasteiger partial charge in [-0.25, -0.2) is 14.2 Å². The Hall–Kier alpha value is -2.20. The monoisotopic (exact) mass is 395 g/mol. The van der Waals surface area contributed by atoms with Gasteiger partial charge in [0.05, 0.1) is 12.2 Å². The SMILES string of the molecule is CCOC(=O)c1c(NC(=O)Cn2nc(C)n(N)c2=S)sc2c1CCCC2. The summed E-state index contributed by atoms with van der Waals surface area (Å²) in [5.41, 5.74) is 1.50. The van der Waals surface area contributed by atoms with Gasteiger partial charge >= 0.3 is 5.97 Å². The Kier molecular flexibility index (Phi) is 5.42. The average molecular weight is 396 g/mol. The number of ether oxygens (including phenoxy) is 1. The molecule has 1 amide bonds. The number of nitrogens with zero attached hydrogens (tertiary/aromatic N) is 3. The van der Waals surface area contributed by atoms with E-state index in [0.717, 1.165) is 36.1 Å². The molecule has 10 heteroatoms. The Balaban J connectivity index is 1.85. The normalized spacial score (nSPS) is 13.3. The largest absolute Gasteiger partial charge is 0.462 e. The van der Waals surface area contributed by atoms with Gasteiger partial charge in [-0.1, -0.05) is 0 Å². The van der Waals surface area contributed by atoms with Crippen molar-refractivity contribution in [2.75, 3.05) is 17.8 Å². The second-order valence-corrected chi connectivity index (χ2v) is 7.51. The molecule has 0 saturated carbocycles. The standard InChI is InChI=1S/C16H21N5O3S2/c1-3-24-15(23)13-10-6-4-5-7-11(10)26-14(13)18-12(22)8-20-16(25)21(17)9(2)19-20/h3-8,17H2,1-2H3,(H,18,22). The number of hydrogen-bond donors (Lipinski definition) is 2. The predicted molar refractivity (Wildman–Crippen MR) is 101 cm³/mol. The number of aryl methyl sites for hydroxylation is 2. The zero-order valence-electron chi connectivity index (χ0n) is 14.7. The van der Waals surface area contributed by atoms with Gasteiger partial charge in [0.2, 0.25) is 10.7 Å². The van der Waals surface area contributed by atoms with Crippen LogP contribution in [0.2, 0.25) is 0 Å². The van der Waals surface area contributed by atoms with E-state index in [-0.39, 0.29) is 23.2 Å². The van der Waals surface area contributed by atoms with Crippen LogP contribution in [0.3, 0.4) is 0 Å². The Morgan fingerprint density at radius 2 is 2.12 bits per heavy atom. The number of carbonyl (C=O) groups is 2. The molecule has 0 saturated heterocycles. The molecular weight excluding hydrogens is 374 g/mol. The van der Waals surface area contributed by atoms with Crippen molar-refractivity contribution < 1.29 is 14.3 Å². The van der Waals surface area contributed by atoms with Gasteiger partial charge in [0.1, 0.15) is 17.4 Å². The number of fused-ring (bicyclic) bond motifs is 1. The number of carbonyl (C=O) groups excluding carboxylic acids is 2. The van der Waals surface area contributed by atoms with Crippen LogP contribution in [0.25, 0.3) is 0 Å². The highest BCUT2D eigenvalue weighted by Gasteiger charge is 2.27. The summed E-state index contributed by atoms with van der Waals surface area (Å²) < 4.78 is 8.06. The molecule has 0 aromatic carbocycles. The first-order valence-electron chi connectivity index (χ1n) is 8.45. The molecule has 0 fully saturated rings. The molecule has 0 aliphatic heterocycles. The lowest BCUT2D eigenvalue weighted by atomic mass is 9.95. The van der Waals surface area contributed by atoms with Crippen molar-refractivity contribution in [3.8, 4) is 0 Å². The lowest BCUT2D eigenvalue weighted by Crippen LogP contribution is -2.21. The number of nitrogen functional groups attached to an aromatic ring is 1. The predicted octanol–water partition coefficient (Wildman–Crippen LogP) is 2.19. The zero-order chi connectivity index (χ0) is 18.8. The van der Waals surface area contributed by atoms with Crippen molar-refractivity contribution >= 4 is 40.4 Å². The van der Waals surface area contributed by atoms with Crippen molar-refractivity contribution in [1.29, 1.82) is 0 Å². The van der Waals surface area contributed by atoms with Crippen LogP contribution in [0.15, 0.2) is 0 Å². The summed E-state index contributed by atoms with van der Waals surface area (Å²) in [5, 5.41) is 7.52. The smallest absolute Gasteiger partial charge is 0.341 e. The molecule has 0 atom stereocenters. The third-order valence-electron chi connectivity index (χ3n) is 4.24. The van der Waals surface area contributed by atoms with Crippen molar-refractivity contribution in [2.45, 2.75) is 46.1 Å². The number of nitrogens with two attached hydrogens (primary N) is 1. The van der Waals surface area contributed by atoms with Gasteiger partial charge < -0.3 is 15.9 Å². The molecule has 3 N–H and O–H groups in total. The molecule has 2 heterocycles. The first kappa shape index (κ1) is 18.6. The van der Waals surface area contributed by atoms with Crippen LogP contribution in [-0.2, 0) is 28.9 Å². The molecule has 1 aliphatic carbocycles. The minimum atomic E-state index is -0.388. The van der Waals surface area contributed by atoms with Crippen LogP contribution in [0.5, 0.6) is 0 Å². The van der Waals surface area contributed by atoms with Crippen molar-refractivity contribution in [3.05, 3.63) is 26.6 Å². The summed E-state index contributed by atoms with van der Waals surface area (Å²) in [4.78, 5) is 26.1. The second kappa shape index (κ2) is 7.58. The van der Waals surface area contributed by atoms with E-state index < -0.39 is 0 Å². The van der Waals surface area contributed by atoms with Gasteiger partial charge in [0.15, 0.2) is 0 Å². The minimum absolute atomic E-state index is 0.0747. The highest BCUT2D eigenvalue weighted by atomic mass is 32.1. The third kappa shape index (κ3) is 3.51. The van der Waals surface area contributed by atoms with Gasteiger partial charge in [-0.2, -0.15) is 5.10 Å². The summed E-state index contributed by atoms with van der Waals surface area (Å²) in [5.74, 6) is 5.54. The minimum Gasteiger partial charge on any atom is -0.462 e. The molecular formula is C16H21N5O3S2. The van der Waals surface area contributed by atoms with E-state index in [0.29, 0.717) is 23.0 Å². The van der Waals surface area contributed by atoms with Crippen LogP contribution >= 0.6 is 23.6 Å². The first-order chi connectivity index (χ1) is 12.4. The molecule has 140 valence electrons. The van der Waals surface area contributed by atoms with E-state index >= 15 is 0 Å². The quantitative estimate of drug-likeness (QED) is 0.457. The molecule has 8 nitrogen and oxygen atoms in total. The number of aromatic nitrogens is 3. The highest BCUT2D eigenvalue weighted by molar-refractivity contribution is 7.71. The molecule has 1 aliphatic rings. The maximum atomic E-state index is 12.5. The molecule has 0 bridgehead atoms. The summed E-state index contributed by atoms with van der Waals surface area (Å²) in [6.07, 6.45) is 3.87. The molecule has 0 radical (unpaired) electrons. The van der Waals surface area contributed by atoms with Crippen LogP contribution in [-0.4, -0.2) is 32.9 Å². The fourth-order valence-electron chi connectivity index (χ4n) is 3.01. The summed E-state index contributed by atoms with van der Waals surface area (Å²) in [6, 6.07) is 0. The van der Waals surface area contributed by atoms with E-state index in [2.05, 4.69) is 10.4 Å². The Morgan fingerprint density at radius 3 is 2.77 bits per heavy atom. The number of rotatable bonds is 5. The average Bonchev–Trinajstić information content (AvgIpc) is 3.07. The zero-order valence-corrected chi connectivity index (χ0v) is 16.3. The number of anilines is 1. The number of thiophene rings is 1. The molecule has 0 unspecified atom stereocenters. The molecule has 0 spiro atoms. The number of esters is 1. The van der Waals surface area contributed by atoms with Crippen LogP contribution in [0.1, 0.15) is 46.4 Å². The summed E-state index contributed by atoms with van der Waals surface area (Å²) in [6.45, 7) is 3.69. The topological polar surface area (TPSA) is 104 Å². The van der Waals surface area contributed by atoms with E-state index in [9.17, 15) is 9.59 Å². The maximum Gasteiger partial charge on any atom is 0.341 e. The van der Waals surface area contributed by atoms with Gasteiger partial charge in [-0.05, 0) is 57.3 Å². The number of amides is 1. The summed E-state index contributed by atoms with van der Waals surface area (Å²) >= 11 is 6.61. The van der Waals surface area contributed by atoms with Gasteiger partial charge in [0.25, 0.3) is 0 Å². The Labute approximate surface area is 159 Å². The van der Waals surface area contributed by atoms with Crippen LogP contribution in [0.4, 0.5) is 5.00 Å². The van der Waals surface area contributed by atoms with Crippen molar-refractivity contribution in [1.82, 2.24) is 14.5 Å². The molecule has 3 rings (SSSR count). The Bertz CT molecular complexity index is 912. The maximum absolute atomic E-state index is 12.5. The van der Waals surface area contributed by atoms with Gasteiger partial charge in [0, 0.05) is 4.88 Å². The van der Waals surface area contributed by atoms with E-state index in [1.54, 1.807) is 13.8 Å². The van der Waals surface area contributed by atoms with Crippen LogP contribution in [0, 0.1) is 11.7 Å². The fraction of sp³-hybridized carbons (Fsp3) is 0.500. The first-order valence-corrected chi connectivity index (χ1v) is 9.67. The number of nitrogens with one attached hydrogen (secondary N) is 1. The highest BCUT2D eigenvalue weighted by Crippen LogP contribution is 2.38. The third-order valence-corrected chi connectivity index (χ3v) is 5.85. The lowest BCUT2D eigenvalue weighted by Gasteiger charge is -2.12. The molecule has 2 aromatic rings. The van der Waals surface area contributed by atoms with E-state index in [1.165, 1.54) is 20.7 Å². The fourth-order valence-corrected chi connectivity index (χ4v) is 4.54. The number of hydrogen-bond acceptors (Lipinski definition) is 7. The molecule has 2 aromatic heterocycles. The molecule has 26 heavy (non-hydrogen) atoms. The van der Waals surface area contributed by atoms with Gasteiger partial charge in [-0.3, -0.25) is 4.79 Å². The van der Waals surface area contributed by atoms with Crippen molar-refractivity contribution in [3.63, 3.8) is 0 Å². The lowest BCUT2D eigenvalue weighted by molar-refractivity contribution is -0.116. The van der Waals surface area contributed by atoms with Crippen molar-refractivity contribution in [2.24, 2.45) is 0 Å². The second-order valence-electron chi connectivity index (χ2n) is 6.04. The summed E-state index contributed by atoms with van der Waals surface area (Å²) in [7, 11) is 0. The van der Waals surface area contributed by atoms with E-state index in [4.69, 9.17) is 22.8 Å².